The average Bonchev–Trinajstić information content (AvgIpc) is 2.20. The third-order valence-electron chi connectivity index (χ3n) is 2.07. The van der Waals surface area contributed by atoms with Crippen molar-refractivity contribution in [3.05, 3.63) is 0 Å². The molecule has 0 aromatic carbocycles. The van der Waals surface area contributed by atoms with Crippen LogP contribution < -0.4 is 0 Å². The van der Waals surface area contributed by atoms with Gasteiger partial charge in [-0.2, -0.15) is 0 Å². The Balaban J connectivity index is 2.42. The van der Waals surface area contributed by atoms with Gasteiger partial charge < -0.3 is 29.2 Å². The maximum Gasteiger partial charge on any atom is 0.185 e. The summed E-state index contributed by atoms with van der Waals surface area (Å²) in [5, 5.41) is 19.1. The van der Waals surface area contributed by atoms with E-state index in [0.717, 1.165) is 0 Å². The fourth-order valence-electron chi connectivity index (χ4n) is 1.28. The predicted molar refractivity (Wildman–Crippen MR) is 45.5 cm³/mol. The number of aliphatic hydroxyl groups excluding tert-OH is 2. The Kier molecular flexibility index (Phi) is 4.73. The Hall–Kier alpha value is -0.240. The van der Waals surface area contributed by atoms with E-state index in [1.54, 1.807) is 0 Å². The van der Waals surface area contributed by atoms with Crippen molar-refractivity contribution in [3.63, 3.8) is 0 Å². The third-order valence-corrected chi connectivity index (χ3v) is 2.07. The Morgan fingerprint density at radius 1 is 1.29 bits per heavy atom. The lowest BCUT2D eigenvalue weighted by Crippen LogP contribution is -2.54. The highest BCUT2D eigenvalue weighted by atomic mass is 16.7. The summed E-state index contributed by atoms with van der Waals surface area (Å²) in [6.07, 6.45) is -3.51. The van der Waals surface area contributed by atoms with Crippen LogP contribution in [-0.2, 0) is 18.9 Å². The van der Waals surface area contributed by atoms with Gasteiger partial charge in [-0.25, -0.2) is 0 Å². The standard InChI is InChI=1S/C8H16O6/c1-11-4-14-5-3-13-8(12-2)7(10)6(5)9/h5-10H,3-4H2,1-2H3/t5-,6-,7+,8-/m0/s1. The van der Waals surface area contributed by atoms with Crippen molar-refractivity contribution in [2.45, 2.75) is 24.6 Å². The molecule has 1 fully saturated rings. The van der Waals surface area contributed by atoms with E-state index in [1.165, 1.54) is 14.2 Å². The number of aliphatic hydroxyl groups is 2. The van der Waals surface area contributed by atoms with Gasteiger partial charge in [-0.3, -0.25) is 0 Å². The molecule has 0 aliphatic carbocycles. The first-order valence-electron chi connectivity index (χ1n) is 4.31. The third kappa shape index (κ3) is 2.63. The molecule has 4 atom stereocenters. The van der Waals surface area contributed by atoms with E-state index >= 15 is 0 Å². The Morgan fingerprint density at radius 3 is 2.57 bits per heavy atom. The van der Waals surface area contributed by atoms with Gasteiger partial charge in [-0.15, -0.1) is 0 Å². The fourth-order valence-corrected chi connectivity index (χ4v) is 1.28. The SMILES string of the molecule is COCO[C@H]1CO[C@H](OC)[C@H](O)[C@H]1O. The summed E-state index contributed by atoms with van der Waals surface area (Å²) < 4.78 is 19.7. The highest BCUT2D eigenvalue weighted by Gasteiger charge is 2.39. The molecule has 0 amide bonds. The van der Waals surface area contributed by atoms with E-state index in [9.17, 15) is 10.2 Å². The molecule has 6 heteroatoms. The summed E-state index contributed by atoms with van der Waals surface area (Å²) in [6.45, 7) is 0.218. The highest BCUT2D eigenvalue weighted by molar-refractivity contribution is 4.83. The zero-order chi connectivity index (χ0) is 10.6. The number of rotatable bonds is 4. The molecule has 1 saturated heterocycles. The van der Waals surface area contributed by atoms with Crippen LogP contribution in [-0.4, -0.2) is 62.4 Å². The van der Waals surface area contributed by atoms with Crippen LogP contribution in [0.1, 0.15) is 0 Å². The normalized spacial score (nSPS) is 38.6. The molecular formula is C8H16O6. The van der Waals surface area contributed by atoms with E-state index in [0.29, 0.717) is 0 Å². The largest absolute Gasteiger partial charge is 0.387 e. The molecule has 84 valence electrons. The first-order valence-corrected chi connectivity index (χ1v) is 4.31. The molecule has 1 heterocycles. The lowest BCUT2D eigenvalue weighted by atomic mass is 10.1. The van der Waals surface area contributed by atoms with E-state index < -0.39 is 24.6 Å². The van der Waals surface area contributed by atoms with Crippen molar-refractivity contribution in [2.75, 3.05) is 27.6 Å². The molecule has 1 aliphatic heterocycles. The van der Waals surface area contributed by atoms with Crippen molar-refractivity contribution < 1.29 is 29.2 Å². The van der Waals surface area contributed by atoms with E-state index in [4.69, 9.17) is 14.2 Å². The van der Waals surface area contributed by atoms with Crippen molar-refractivity contribution in [3.8, 4) is 0 Å². The molecule has 6 nitrogen and oxygen atoms in total. The lowest BCUT2D eigenvalue weighted by Gasteiger charge is -2.36. The Morgan fingerprint density at radius 2 is 2.00 bits per heavy atom. The van der Waals surface area contributed by atoms with Gasteiger partial charge in [-0.05, 0) is 0 Å². The molecule has 0 aromatic heterocycles. The van der Waals surface area contributed by atoms with Crippen LogP contribution >= 0.6 is 0 Å². The highest BCUT2D eigenvalue weighted by Crippen LogP contribution is 2.18. The first-order chi connectivity index (χ1) is 6.70. The Bertz CT molecular complexity index is 164. The molecule has 0 aromatic rings. The van der Waals surface area contributed by atoms with Crippen LogP contribution in [0.4, 0.5) is 0 Å². The van der Waals surface area contributed by atoms with E-state index in [1.807, 2.05) is 0 Å². The van der Waals surface area contributed by atoms with E-state index in [-0.39, 0.29) is 13.4 Å². The second-order valence-electron chi connectivity index (χ2n) is 3.03. The topological polar surface area (TPSA) is 77.4 Å². The molecule has 2 N–H and O–H groups in total. The number of hydrogen-bond acceptors (Lipinski definition) is 6. The second kappa shape index (κ2) is 5.59. The molecule has 0 bridgehead atoms. The zero-order valence-electron chi connectivity index (χ0n) is 8.25. The molecule has 0 unspecified atom stereocenters. The van der Waals surface area contributed by atoms with Gasteiger partial charge in [0, 0.05) is 14.2 Å². The minimum absolute atomic E-state index is 0.0510. The predicted octanol–water partition coefficient (Wildman–Crippen LogP) is -1.30. The van der Waals surface area contributed by atoms with Crippen molar-refractivity contribution >= 4 is 0 Å². The van der Waals surface area contributed by atoms with Crippen LogP contribution in [0.2, 0.25) is 0 Å². The van der Waals surface area contributed by atoms with Gasteiger partial charge in [0.2, 0.25) is 0 Å². The Labute approximate surface area is 82.3 Å². The first kappa shape index (κ1) is 11.8. The number of methoxy groups -OCH3 is 2. The van der Waals surface area contributed by atoms with Gasteiger partial charge in [0.05, 0.1) is 6.61 Å². The molecule has 0 radical (unpaired) electrons. The molecule has 0 spiro atoms. The minimum atomic E-state index is -1.10. The summed E-state index contributed by atoms with van der Waals surface area (Å²) in [4.78, 5) is 0. The molecule has 1 rings (SSSR count). The molecular weight excluding hydrogens is 192 g/mol. The molecule has 0 saturated carbocycles. The van der Waals surface area contributed by atoms with Gasteiger partial charge >= 0.3 is 0 Å². The summed E-state index contributed by atoms with van der Waals surface area (Å²) in [7, 11) is 2.88. The van der Waals surface area contributed by atoms with Crippen LogP contribution in [0.3, 0.4) is 0 Å². The number of ether oxygens (including phenoxy) is 4. The summed E-state index contributed by atoms with van der Waals surface area (Å²) in [5.74, 6) is 0. The maximum atomic E-state index is 9.58. The number of hydrogen-bond donors (Lipinski definition) is 2. The fraction of sp³-hybridized carbons (Fsp3) is 1.00. The van der Waals surface area contributed by atoms with Gasteiger partial charge in [0.1, 0.15) is 25.1 Å². The summed E-state index contributed by atoms with van der Waals surface area (Å²) in [5.41, 5.74) is 0. The van der Waals surface area contributed by atoms with E-state index in [2.05, 4.69) is 4.74 Å². The van der Waals surface area contributed by atoms with Gasteiger partial charge in [0.25, 0.3) is 0 Å². The van der Waals surface area contributed by atoms with Crippen LogP contribution in [0.15, 0.2) is 0 Å². The van der Waals surface area contributed by atoms with Crippen LogP contribution in [0.25, 0.3) is 0 Å². The maximum absolute atomic E-state index is 9.58. The quantitative estimate of drug-likeness (QED) is 0.559. The van der Waals surface area contributed by atoms with Gasteiger partial charge in [-0.1, -0.05) is 0 Å². The average molecular weight is 208 g/mol. The van der Waals surface area contributed by atoms with Crippen LogP contribution in [0.5, 0.6) is 0 Å². The van der Waals surface area contributed by atoms with Crippen molar-refractivity contribution in [1.29, 1.82) is 0 Å². The summed E-state index contributed by atoms with van der Waals surface area (Å²) >= 11 is 0. The monoisotopic (exact) mass is 208 g/mol. The van der Waals surface area contributed by atoms with Crippen LogP contribution in [0, 0.1) is 0 Å². The zero-order valence-corrected chi connectivity index (χ0v) is 8.25. The second-order valence-corrected chi connectivity index (χ2v) is 3.03. The molecule has 14 heavy (non-hydrogen) atoms. The summed E-state index contributed by atoms with van der Waals surface area (Å²) in [6, 6.07) is 0. The van der Waals surface area contributed by atoms with Crippen molar-refractivity contribution in [2.24, 2.45) is 0 Å². The minimum Gasteiger partial charge on any atom is -0.387 e. The van der Waals surface area contributed by atoms with Crippen molar-refractivity contribution in [1.82, 2.24) is 0 Å². The smallest absolute Gasteiger partial charge is 0.185 e. The molecule has 1 aliphatic rings. The lowest BCUT2D eigenvalue weighted by molar-refractivity contribution is -0.277. The van der Waals surface area contributed by atoms with Gasteiger partial charge in [0.15, 0.2) is 6.29 Å².